The molecule has 1 unspecified atom stereocenters. The highest BCUT2D eigenvalue weighted by Gasteiger charge is 2.10. The number of halogens is 2. The zero-order valence-corrected chi connectivity index (χ0v) is 9.58. The van der Waals surface area contributed by atoms with Crippen molar-refractivity contribution >= 4 is 10.8 Å². The van der Waals surface area contributed by atoms with Crippen molar-refractivity contribution < 1.29 is 13.0 Å². The summed E-state index contributed by atoms with van der Waals surface area (Å²) in [6, 6.07) is 7.08. The van der Waals surface area contributed by atoms with Gasteiger partial charge in [0.1, 0.15) is 11.6 Å². The standard InChI is InChI=1S/C12H9F2NOS/c13-10-5-9(6-15-7-10)8-17(16)12-4-2-1-3-11(12)14/h1-7H,8H2. The molecule has 0 aliphatic heterocycles. The molecule has 17 heavy (non-hydrogen) atoms. The van der Waals surface area contributed by atoms with E-state index in [1.54, 1.807) is 6.07 Å². The van der Waals surface area contributed by atoms with Crippen molar-refractivity contribution in [3.8, 4) is 0 Å². The Hall–Kier alpha value is -1.62. The van der Waals surface area contributed by atoms with Crippen LogP contribution in [0.5, 0.6) is 0 Å². The molecule has 1 aromatic carbocycles. The van der Waals surface area contributed by atoms with E-state index in [-0.39, 0.29) is 10.6 Å². The van der Waals surface area contributed by atoms with E-state index >= 15 is 0 Å². The Kier molecular flexibility index (Phi) is 3.58. The highest BCUT2D eigenvalue weighted by atomic mass is 32.2. The van der Waals surface area contributed by atoms with Gasteiger partial charge >= 0.3 is 0 Å². The molecule has 0 saturated heterocycles. The van der Waals surface area contributed by atoms with Crippen molar-refractivity contribution in [1.29, 1.82) is 0 Å². The Balaban J connectivity index is 2.20. The zero-order valence-electron chi connectivity index (χ0n) is 8.77. The first-order chi connectivity index (χ1) is 8.16. The molecule has 1 atom stereocenters. The summed E-state index contributed by atoms with van der Waals surface area (Å²) in [5, 5.41) is 0. The molecule has 5 heteroatoms. The van der Waals surface area contributed by atoms with E-state index in [0.29, 0.717) is 5.56 Å². The Morgan fingerprint density at radius 3 is 2.65 bits per heavy atom. The predicted molar refractivity (Wildman–Crippen MR) is 60.7 cm³/mol. The van der Waals surface area contributed by atoms with Crippen LogP contribution in [0.2, 0.25) is 0 Å². The van der Waals surface area contributed by atoms with E-state index in [2.05, 4.69) is 4.98 Å². The second kappa shape index (κ2) is 5.14. The molecule has 0 bridgehead atoms. The van der Waals surface area contributed by atoms with Gasteiger partial charge in [0.15, 0.2) is 0 Å². The normalized spacial score (nSPS) is 12.4. The van der Waals surface area contributed by atoms with E-state index in [4.69, 9.17) is 0 Å². The highest BCUT2D eigenvalue weighted by molar-refractivity contribution is 7.84. The predicted octanol–water partition coefficient (Wildman–Crippen LogP) is 2.67. The second-order valence-electron chi connectivity index (χ2n) is 3.43. The summed E-state index contributed by atoms with van der Waals surface area (Å²) in [4.78, 5) is 3.77. The van der Waals surface area contributed by atoms with Gasteiger partial charge in [-0.2, -0.15) is 0 Å². The minimum absolute atomic E-state index is 0.0473. The topological polar surface area (TPSA) is 30.0 Å². The monoisotopic (exact) mass is 253 g/mol. The van der Waals surface area contributed by atoms with Gasteiger partial charge in [-0.15, -0.1) is 0 Å². The van der Waals surface area contributed by atoms with Crippen LogP contribution in [0.25, 0.3) is 0 Å². The fourth-order valence-electron chi connectivity index (χ4n) is 1.39. The van der Waals surface area contributed by atoms with Crippen molar-refractivity contribution in [2.75, 3.05) is 0 Å². The first-order valence-electron chi connectivity index (χ1n) is 4.89. The van der Waals surface area contributed by atoms with Crippen LogP contribution in [-0.2, 0) is 16.6 Å². The van der Waals surface area contributed by atoms with Crippen LogP contribution in [0.4, 0.5) is 8.78 Å². The van der Waals surface area contributed by atoms with Crippen LogP contribution in [0.1, 0.15) is 5.56 Å². The lowest BCUT2D eigenvalue weighted by Crippen LogP contribution is -2.00. The summed E-state index contributed by atoms with van der Waals surface area (Å²) in [5.74, 6) is -0.964. The van der Waals surface area contributed by atoms with Crippen molar-refractivity contribution in [3.05, 3.63) is 59.9 Å². The molecule has 0 saturated carbocycles. The maximum Gasteiger partial charge on any atom is 0.141 e. The molecule has 0 radical (unpaired) electrons. The quantitative estimate of drug-likeness (QED) is 0.841. The third-order valence-electron chi connectivity index (χ3n) is 2.14. The molecule has 2 nitrogen and oxygen atoms in total. The largest absolute Gasteiger partial charge is 0.261 e. The Morgan fingerprint density at radius 2 is 1.94 bits per heavy atom. The van der Waals surface area contributed by atoms with Gasteiger partial charge in [-0.3, -0.25) is 9.19 Å². The molecule has 0 N–H and O–H groups in total. The van der Waals surface area contributed by atoms with Gasteiger partial charge in [0.25, 0.3) is 0 Å². The Bertz CT molecular complexity index is 560. The highest BCUT2D eigenvalue weighted by Crippen LogP contribution is 2.15. The molecule has 0 aliphatic carbocycles. The van der Waals surface area contributed by atoms with Crippen LogP contribution in [0, 0.1) is 11.6 Å². The van der Waals surface area contributed by atoms with Crippen LogP contribution >= 0.6 is 0 Å². The summed E-state index contributed by atoms with van der Waals surface area (Å²) in [7, 11) is -1.54. The lowest BCUT2D eigenvalue weighted by molar-refractivity contribution is 0.595. The molecule has 0 fully saturated rings. The third-order valence-corrected chi connectivity index (χ3v) is 3.56. The maximum atomic E-state index is 13.3. The number of hydrogen-bond acceptors (Lipinski definition) is 2. The second-order valence-corrected chi connectivity index (χ2v) is 4.85. The summed E-state index contributed by atoms with van der Waals surface area (Å²) in [5.41, 5.74) is 0.478. The number of hydrogen-bond donors (Lipinski definition) is 0. The summed E-state index contributed by atoms with van der Waals surface area (Å²) < 4.78 is 38.1. The van der Waals surface area contributed by atoms with Gasteiger partial charge in [0, 0.05) is 6.20 Å². The first kappa shape index (κ1) is 11.9. The molecule has 0 spiro atoms. The van der Waals surface area contributed by atoms with Crippen molar-refractivity contribution in [2.45, 2.75) is 10.6 Å². The number of aromatic nitrogens is 1. The zero-order chi connectivity index (χ0) is 12.3. The third kappa shape index (κ3) is 2.94. The number of rotatable bonds is 3. The van der Waals surface area contributed by atoms with E-state index in [0.717, 1.165) is 6.20 Å². The smallest absolute Gasteiger partial charge is 0.141 e. The van der Waals surface area contributed by atoms with Gasteiger partial charge in [-0.1, -0.05) is 12.1 Å². The molecular formula is C12H9F2NOS. The van der Waals surface area contributed by atoms with Gasteiger partial charge in [-0.25, -0.2) is 8.78 Å². The molecule has 0 aliphatic rings. The van der Waals surface area contributed by atoms with Crippen LogP contribution < -0.4 is 0 Å². The average Bonchev–Trinajstić information content (AvgIpc) is 2.29. The summed E-state index contributed by atoms with van der Waals surface area (Å²) >= 11 is 0. The molecule has 1 aromatic heterocycles. The van der Waals surface area contributed by atoms with Gasteiger partial charge in [0.2, 0.25) is 0 Å². The van der Waals surface area contributed by atoms with E-state index in [1.807, 2.05) is 0 Å². The van der Waals surface area contributed by atoms with E-state index in [9.17, 15) is 13.0 Å². The van der Waals surface area contributed by atoms with Crippen LogP contribution in [0.3, 0.4) is 0 Å². The first-order valence-corrected chi connectivity index (χ1v) is 6.21. The SMILES string of the molecule is O=S(Cc1cncc(F)c1)c1ccccc1F. The molecule has 0 amide bonds. The Labute approximate surface area is 99.8 Å². The fourth-order valence-corrected chi connectivity index (χ4v) is 2.53. The molecular weight excluding hydrogens is 244 g/mol. The van der Waals surface area contributed by atoms with E-state index in [1.165, 1.54) is 30.5 Å². The fraction of sp³-hybridized carbons (Fsp3) is 0.0833. The summed E-state index contributed by atoms with van der Waals surface area (Å²) in [6.45, 7) is 0. The number of pyridine rings is 1. The van der Waals surface area contributed by atoms with E-state index < -0.39 is 22.4 Å². The number of benzene rings is 1. The van der Waals surface area contributed by atoms with Gasteiger partial charge in [-0.05, 0) is 23.8 Å². The van der Waals surface area contributed by atoms with Gasteiger partial charge < -0.3 is 0 Å². The minimum Gasteiger partial charge on any atom is -0.261 e. The lowest BCUT2D eigenvalue weighted by atomic mass is 10.3. The lowest BCUT2D eigenvalue weighted by Gasteiger charge is -2.03. The minimum atomic E-state index is -1.54. The van der Waals surface area contributed by atoms with Gasteiger partial charge in [0.05, 0.1) is 27.6 Å². The maximum absolute atomic E-state index is 13.3. The average molecular weight is 253 g/mol. The molecule has 2 aromatic rings. The Morgan fingerprint density at radius 1 is 1.18 bits per heavy atom. The van der Waals surface area contributed by atoms with Crippen LogP contribution in [0.15, 0.2) is 47.6 Å². The van der Waals surface area contributed by atoms with Crippen molar-refractivity contribution in [3.63, 3.8) is 0 Å². The molecule has 1 heterocycles. The van der Waals surface area contributed by atoms with Crippen molar-refractivity contribution in [1.82, 2.24) is 4.98 Å². The number of nitrogens with zero attached hydrogens (tertiary/aromatic N) is 1. The molecule has 88 valence electrons. The van der Waals surface area contributed by atoms with Crippen LogP contribution in [-0.4, -0.2) is 9.19 Å². The molecule has 2 rings (SSSR count). The van der Waals surface area contributed by atoms with Crippen molar-refractivity contribution in [2.24, 2.45) is 0 Å². The summed E-state index contributed by atoms with van der Waals surface area (Å²) in [6.07, 6.45) is 2.48.